The summed E-state index contributed by atoms with van der Waals surface area (Å²) in [7, 11) is 0. The molecule has 84 heavy (non-hydrogen) atoms. The van der Waals surface area contributed by atoms with Gasteiger partial charge in [-0.25, -0.2) is 15.0 Å². The van der Waals surface area contributed by atoms with E-state index in [-0.39, 0.29) is 49.0 Å². The molecule has 5 heterocycles. The Bertz CT molecular complexity index is 3100. The molecule has 0 bridgehead atoms. The number of aryl methyl sites for hydroxylation is 2. The molecule has 8 rings (SSSR count). The van der Waals surface area contributed by atoms with Crippen molar-refractivity contribution < 1.29 is 29.1 Å². The summed E-state index contributed by atoms with van der Waals surface area (Å²) in [6.45, 7) is 13.9. The molecule has 0 aliphatic carbocycles. The van der Waals surface area contributed by atoms with E-state index in [1.165, 1.54) is 37.0 Å². The molecular weight excluding hydrogens is 1070 g/mol. The number of piperazine rings is 1. The molecule has 2 saturated heterocycles. The maximum Gasteiger partial charge on any atom is 0.255 e. The van der Waals surface area contributed by atoms with Gasteiger partial charge in [0.2, 0.25) is 29.6 Å². The molecule has 3 aromatic carbocycles. The lowest BCUT2D eigenvalue weighted by Gasteiger charge is -2.35. The number of anilines is 3. The summed E-state index contributed by atoms with van der Waals surface area (Å²) in [5.74, 6) is -0.344. The first kappa shape index (κ1) is 62.6. The number of amides is 5. The maximum absolute atomic E-state index is 14.0. The van der Waals surface area contributed by atoms with Crippen LogP contribution in [0.25, 0.3) is 21.7 Å². The normalized spacial score (nSPS) is 15.8. The van der Waals surface area contributed by atoms with Crippen LogP contribution in [0.3, 0.4) is 0 Å². The van der Waals surface area contributed by atoms with Gasteiger partial charge in [-0.1, -0.05) is 127 Å². The van der Waals surface area contributed by atoms with Crippen molar-refractivity contribution in [3.63, 3.8) is 0 Å². The van der Waals surface area contributed by atoms with Crippen molar-refractivity contribution in [2.24, 2.45) is 5.41 Å². The zero-order chi connectivity index (χ0) is 59.4. The minimum atomic E-state index is -0.837. The van der Waals surface area contributed by atoms with Crippen LogP contribution in [0.15, 0.2) is 109 Å². The van der Waals surface area contributed by atoms with Gasteiger partial charge in [-0.05, 0) is 96.8 Å². The number of aliphatic hydroxyl groups excluding tert-OH is 1. The first-order chi connectivity index (χ1) is 40.6. The number of nitrogens with zero attached hydrogens (tertiary/aromatic N) is 7. The van der Waals surface area contributed by atoms with E-state index in [9.17, 15) is 29.1 Å². The van der Waals surface area contributed by atoms with Crippen LogP contribution in [-0.2, 0) is 32.3 Å². The number of thiazole rings is 1. The van der Waals surface area contributed by atoms with Gasteiger partial charge in [-0.2, -0.15) is 0 Å². The van der Waals surface area contributed by atoms with Crippen LogP contribution >= 0.6 is 11.3 Å². The van der Waals surface area contributed by atoms with Gasteiger partial charge in [0.15, 0.2) is 0 Å². The van der Waals surface area contributed by atoms with Crippen LogP contribution in [0.2, 0.25) is 0 Å². The molecule has 0 saturated carbocycles. The van der Waals surface area contributed by atoms with Gasteiger partial charge in [-0.3, -0.25) is 33.9 Å². The molecule has 5 N–H and O–H groups in total. The molecule has 17 nitrogen and oxygen atoms in total. The molecule has 5 amide bonds. The van der Waals surface area contributed by atoms with E-state index in [1.54, 1.807) is 29.9 Å². The maximum atomic E-state index is 14.0. The number of unbranched alkanes of at least 4 members (excludes halogenated alkanes) is 11. The van der Waals surface area contributed by atoms with Crippen molar-refractivity contribution in [1.29, 1.82) is 0 Å². The predicted molar refractivity (Wildman–Crippen MR) is 332 cm³/mol. The van der Waals surface area contributed by atoms with Crippen LogP contribution in [0, 0.1) is 19.3 Å². The lowest BCUT2D eigenvalue weighted by molar-refractivity contribution is -0.144. The standard InChI is InChI=1S/C66H85N11O6S/c1-46-22-31-53(39-56(46)73-65-68-34-32-55(72-65)52-19-18-33-67-42-52)71-62(81)51-29-25-49(26-30-51)43-75-35-37-76(38-36-75)59(80)21-17-15-13-11-9-7-6-8-10-12-14-16-20-58(79)74-61(66(3,4)5)64(83)77-44-54(78)40-57(77)63(82)69-41-48-23-27-50(28-24-48)60-47(2)70-45-84-60/h18-19,22-34,39,42,45,54,57,61,78H,6-17,20-21,35-38,40-41,43-44H2,1-5H3,(H,69,82)(H,71,81)(H,74,79)(H,68,72,73)/t54-,57+,61?/m1/s1. The lowest BCUT2D eigenvalue weighted by atomic mass is 9.85. The zero-order valence-electron chi connectivity index (χ0n) is 49.7. The van der Waals surface area contributed by atoms with Crippen molar-refractivity contribution in [3.05, 3.63) is 137 Å². The second-order valence-corrected chi connectivity index (χ2v) is 24.5. The fourth-order valence-corrected chi connectivity index (χ4v) is 11.7. The van der Waals surface area contributed by atoms with E-state index in [4.69, 9.17) is 0 Å². The van der Waals surface area contributed by atoms with E-state index < -0.39 is 23.6 Å². The summed E-state index contributed by atoms with van der Waals surface area (Å²) in [5.41, 5.74) is 9.96. The smallest absolute Gasteiger partial charge is 0.255 e. The summed E-state index contributed by atoms with van der Waals surface area (Å²) in [4.78, 5) is 91.6. The number of aromatic nitrogens is 4. The molecule has 18 heteroatoms. The fourth-order valence-electron chi connectivity index (χ4n) is 10.9. The third kappa shape index (κ3) is 18.5. The average Bonchev–Trinajstić information content (AvgIpc) is 3.96. The average molecular weight is 1160 g/mol. The highest BCUT2D eigenvalue weighted by molar-refractivity contribution is 7.13. The minimum absolute atomic E-state index is 0.0408. The summed E-state index contributed by atoms with van der Waals surface area (Å²) in [6.07, 6.45) is 18.5. The first-order valence-electron chi connectivity index (χ1n) is 30.1. The molecule has 3 aromatic heterocycles. The molecule has 2 fully saturated rings. The van der Waals surface area contributed by atoms with E-state index in [0.29, 0.717) is 30.0 Å². The third-order valence-electron chi connectivity index (χ3n) is 16.0. The number of nitrogens with one attached hydrogen (secondary N) is 4. The number of aliphatic hydroxyl groups is 1. The van der Waals surface area contributed by atoms with E-state index in [1.807, 2.05) is 130 Å². The predicted octanol–water partition coefficient (Wildman–Crippen LogP) is 11.2. The fraction of sp³-hybridized carbons (Fsp3) is 0.470. The van der Waals surface area contributed by atoms with Crippen molar-refractivity contribution in [3.8, 4) is 21.7 Å². The van der Waals surface area contributed by atoms with Crippen LogP contribution in [-0.4, -0.2) is 120 Å². The molecule has 2 aliphatic heterocycles. The SMILES string of the molecule is Cc1ccc(NC(=O)c2ccc(CN3CCN(C(=O)CCCCCCCCCCCCCCC(=O)NC(C(=O)N4C[C@H](O)C[C@H]4C(=O)NCc4ccc(-c5scnc5C)cc4)C(C)(C)C)CC3)cc2)cc1Nc1nccc(-c2cccnc2)n1. The second-order valence-electron chi connectivity index (χ2n) is 23.7. The van der Waals surface area contributed by atoms with Crippen molar-refractivity contribution in [2.75, 3.05) is 43.4 Å². The summed E-state index contributed by atoms with van der Waals surface area (Å²) >= 11 is 1.59. The Labute approximate surface area is 499 Å². The van der Waals surface area contributed by atoms with Crippen LogP contribution in [0.4, 0.5) is 17.3 Å². The monoisotopic (exact) mass is 1160 g/mol. The summed E-state index contributed by atoms with van der Waals surface area (Å²) in [6, 6.07) is 25.4. The number of hydrogen-bond donors (Lipinski definition) is 5. The highest BCUT2D eigenvalue weighted by atomic mass is 32.1. The third-order valence-corrected chi connectivity index (χ3v) is 16.9. The molecular formula is C66H85N11O6S. The number of carbonyl (C=O) groups is 5. The number of pyridine rings is 1. The van der Waals surface area contributed by atoms with Gasteiger partial charge >= 0.3 is 0 Å². The molecule has 0 spiro atoms. The Morgan fingerprint density at radius 1 is 0.738 bits per heavy atom. The molecule has 0 radical (unpaired) electrons. The van der Waals surface area contributed by atoms with Crippen molar-refractivity contribution >= 4 is 58.2 Å². The largest absolute Gasteiger partial charge is 0.391 e. The zero-order valence-corrected chi connectivity index (χ0v) is 50.5. The Morgan fingerprint density at radius 2 is 1.40 bits per heavy atom. The quantitative estimate of drug-likeness (QED) is 0.0290. The Balaban J connectivity index is 0.627. The van der Waals surface area contributed by atoms with Crippen LogP contribution in [0.5, 0.6) is 0 Å². The highest BCUT2D eigenvalue weighted by Gasteiger charge is 2.44. The van der Waals surface area contributed by atoms with Gasteiger partial charge in [0.05, 0.1) is 27.9 Å². The van der Waals surface area contributed by atoms with Gasteiger partial charge in [0.25, 0.3) is 5.91 Å². The summed E-state index contributed by atoms with van der Waals surface area (Å²) < 4.78 is 0. The van der Waals surface area contributed by atoms with Crippen LogP contribution < -0.4 is 21.3 Å². The Kier molecular flexibility index (Phi) is 23.1. The molecule has 446 valence electrons. The molecule has 2 aliphatic rings. The first-order valence-corrected chi connectivity index (χ1v) is 31.0. The van der Waals surface area contributed by atoms with Crippen molar-refractivity contribution in [2.45, 2.75) is 162 Å². The number of β-amino-alcohol motifs (C(OH)–C–C–N with tert-alkyl or cyclic N) is 1. The Morgan fingerprint density at radius 3 is 2.05 bits per heavy atom. The number of benzene rings is 3. The molecule has 6 aromatic rings. The van der Waals surface area contributed by atoms with Crippen LogP contribution in [0.1, 0.15) is 150 Å². The summed E-state index contributed by atoms with van der Waals surface area (Å²) in [5, 5.41) is 22.9. The molecule has 1 unspecified atom stereocenters. The van der Waals surface area contributed by atoms with Crippen molar-refractivity contribution in [1.82, 2.24) is 45.3 Å². The molecule has 3 atom stereocenters. The van der Waals surface area contributed by atoms with Gasteiger partial charge < -0.3 is 36.2 Å². The van der Waals surface area contributed by atoms with Gasteiger partial charge in [0.1, 0.15) is 12.1 Å². The number of hydrogen-bond acceptors (Lipinski definition) is 13. The number of carbonyl (C=O) groups excluding carboxylic acids is 5. The Hall–Kier alpha value is -7.41. The topological polar surface area (TPSA) is 215 Å². The number of rotatable bonds is 28. The lowest BCUT2D eigenvalue weighted by Crippen LogP contribution is -2.57. The van der Waals surface area contributed by atoms with E-state index in [2.05, 4.69) is 46.1 Å². The number of likely N-dealkylation sites (tertiary alicyclic amines) is 1. The highest BCUT2D eigenvalue weighted by Crippen LogP contribution is 2.30. The van der Waals surface area contributed by atoms with Gasteiger partial charge in [0, 0.05) is 106 Å². The van der Waals surface area contributed by atoms with Gasteiger partial charge in [-0.15, -0.1) is 11.3 Å². The second kappa shape index (κ2) is 30.9. The van der Waals surface area contributed by atoms with E-state index in [0.717, 1.165) is 127 Å². The minimum Gasteiger partial charge on any atom is -0.391 e. The van der Waals surface area contributed by atoms with E-state index >= 15 is 0 Å².